The van der Waals surface area contributed by atoms with Gasteiger partial charge in [-0.3, -0.25) is 4.72 Å². The zero-order chi connectivity index (χ0) is 19.7. The van der Waals surface area contributed by atoms with E-state index in [0.717, 1.165) is 22.5 Å². The lowest BCUT2D eigenvalue weighted by atomic mass is 10.2. The summed E-state index contributed by atoms with van der Waals surface area (Å²) in [6.45, 7) is 1.94. The molecule has 0 fully saturated rings. The Morgan fingerprint density at radius 1 is 1.04 bits per heavy atom. The van der Waals surface area contributed by atoms with Crippen LogP contribution in [0.4, 0.5) is 5.69 Å². The van der Waals surface area contributed by atoms with Crippen molar-refractivity contribution >= 4 is 38.6 Å². The molecule has 0 spiro atoms. The molecule has 2 aromatic carbocycles. The molecule has 0 radical (unpaired) electrons. The van der Waals surface area contributed by atoms with E-state index in [1.54, 1.807) is 41.8 Å². The third kappa shape index (κ3) is 3.94. The van der Waals surface area contributed by atoms with Gasteiger partial charge in [-0.05, 0) is 49.4 Å². The molecule has 0 bridgehead atoms. The number of halogens is 1. The number of sulfonamides is 1. The maximum Gasteiger partial charge on any atom is 0.271 e. The Morgan fingerprint density at radius 3 is 2.46 bits per heavy atom. The van der Waals surface area contributed by atoms with Crippen LogP contribution in [0.15, 0.2) is 68.7 Å². The Bertz CT molecular complexity index is 1210. The Hall–Kier alpha value is -2.68. The number of thiophene rings is 1. The molecular weight excluding hydrogens is 418 g/mol. The third-order valence-electron chi connectivity index (χ3n) is 3.92. The number of aromatic nitrogens is 2. The fraction of sp³-hybridized carbons (Fsp3) is 0.0526. The number of aryl methyl sites for hydroxylation is 1. The van der Waals surface area contributed by atoms with Crippen LogP contribution in [0.1, 0.15) is 5.56 Å². The molecule has 2 heterocycles. The molecule has 0 saturated carbocycles. The number of nitrogens with one attached hydrogen (secondary N) is 1. The Balaban J connectivity index is 1.57. The van der Waals surface area contributed by atoms with E-state index in [0.29, 0.717) is 22.1 Å². The fourth-order valence-corrected chi connectivity index (χ4v) is 4.79. The van der Waals surface area contributed by atoms with Crippen LogP contribution in [-0.2, 0) is 10.0 Å². The van der Waals surface area contributed by atoms with Crippen LogP contribution in [0.25, 0.3) is 22.8 Å². The lowest BCUT2D eigenvalue weighted by Gasteiger charge is -2.06. The second-order valence-electron chi connectivity index (χ2n) is 6.06. The van der Waals surface area contributed by atoms with Gasteiger partial charge in [0.2, 0.25) is 5.82 Å². The van der Waals surface area contributed by atoms with Gasteiger partial charge in [0.05, 0.1) is 5.56 Å². The van der Waals surface area contributed by atoms with Crippen molar-refractivity contribution in [2.75, 3.05) is 4.72 Å². The van der Waals surface area contributed by atoms with Gasteiger partial charge >= 0.3 is 0 Å². The maximum absolute atomic E-state index is 12.6. The van der Waals surface area contributed by atoms with Gasteiger partial charge in [0.1, 0.15) is 4.21 Å². The summed E-state index contributed by atoms with van der Waals surface area (Å²) < 4.78 is 33.2. The van der Waals surface area contributed by atoms with E-state index in [-0.39, 0.29) is 10.1 Å². The van der Waals surface area contributed by atoms with E-state index < -0.39 is 10.0 Å². The van der Waals surface area contributed by atoms with Gasteiger partial charge in [-0.1, -0.05) is 34.5 Å². The van der Waals surface area contributed by atoms with Crippen molar-refractivity contribution in [2.24, 2.45) is 0 Å². The summed E-state index contributed by atoms with van der Waals surface area (Å²) in [6.07, 6.45) is 0. The Labute approximate surface area is 170 Å². The summed E-state index contributed by atoms with van der Waals surface area (Å²) in [4.78, 5) is 4.34. The Morgan fingerprint density at radius 2 is 1.75 bits per heavy atom. The van der Waals surface area contributed by atoms with E-state index in [9.17, 15) is 8.42 Å². The summed E-state index contributed by atoms with van der Waals surface area (Å²) in [5.74, 6) is 0.651. The van der Waals surface area contributed by atoms with Crippen LogP contribution in [-0.4, -0.2) is 18.6 Å². The van der Waals surface area contributed by atoms with Crippen LogP contribution in [0.2, 0.25) is 5.02 Å². The molecule has 0 amide bonds. The zero-order valence-corrected chi connectivity index (χ0v) is 17.0. The molecule has 0 aliphatic carbocycles. The average Bonchev–Trinajstić information content (AvgIpc) is 3.33. The number of hydrogen-bond donors (Lipinski definition) is 1. The highest BCUT2D eigenvalue weighted by Gasteiger charge is 2.20. The smallest absolute Gasteiger partial charge is 0.271 e. The lowest BCUT2D eigenvalue weighted by molar-refractivity contribution is 0.432. The van der Waals surface area contributed by atoms with E-state index in [1.165, 1.54) is 6.07 Å². The molecule has 142 valence electrons. The van der Waals surface area contributed by atoms with E-state index in [2.05, 4.69) is 14.9 Å². The molecule has 0 aliphatic heterocycles. The number of hydrogen-bond acceptors (Lipinski definition) is 6. The van der Waals surface area contributed by atoms with Crippen molar-refractivity contribution < 1.29 is 12.9 Å². The minimum Gasteiger partial charge on any atom is -0.334 e. The second kappa shape index (κ2) is 7.38. The number of rotatable bonds is 5. The number of nitrogens with zero attached hydrogens (tertiary/aromatic N) is 2. The molecule has 0 saturated heterocycles. The van der Waals surface area contributed by atoms with Crippen LogP contribution in [0.5, 0.6) is 0 Å². The summed E-state index contributed by atoms with van der Waals surface area (Å²) in [6, 6.07) is 15.7. The van der Waals surface area contributed by atoms with Gasteiger partial charge in [-0.25, -0.2) is 8.42 Å². The van der Waals surface area contributed by atoms with Gasteiger partial charge in [-0.15, -0.1) is 11.3 Å². The topological polar surface area (TPSA) is 85.1 Å². The summed E-state index contributed by atoms with van der Waals surface area (Å²) in [5.41, 5.74) is 2.85. The standard InChI is InChI=1S/C19H14ClN3O3S2/c1-12-2-8-16(9-3-12)23-28(24,25)17-10-14(11-27-17)19-21-18(22-26-19)13-4-6-15(20)7-5-13/h2-11,23H,1H3. The Kier molecular flexibility index (Phi) is 4.92. The van der Waals surface area contributed by atoms with Gasteiger partial charge in [0.25, 0.3) is 15.9 Å². The average molecular weight is 432 g/mol. The summed E-state index contributed by atoms with van der Waals surface area (Å²) in [5, 5.41) is 6.23. The number of anilines is 1. The van der Waals surface area contributed by atoms with Crippen molar-refractivity contribution in [2.45, 2.75) is 11.1 Å². The molecule has 1 N–H and O–H groups in total. The quantitative estimate of drug-likeness (QED) is 0.467. The third-order valence-corrected chi connectivity index (χ3v) is 6.99. The first-order valence-electron chi connectivity index (χ1n) is 8.19. The van der Waals surface area contributed by atoms with Gasteiger partial charge in [0.15, 0.2) is 0 Å². The first-order chi connectivity index (χ1) is 13.4. The van der Waals surface area contributed by atoms with Crippen molar-refractivity contribution in [1.29, 1.82) is 0 Å². The van der Waals surface area contributed by atoms with Crippen molar-refractivity contribution in [3.05, 3.63) is 70.6 Å². The van der Waals surface area contributed by atoms with Crippen molar-refractivity contribution in [3.8, 4) is 22.8 Å². The minimum atomic E-state index is -3.70. The first-order valence-corrected chi connectivity index (χ1v) is 10.9. The minimum absolute atomic E-state index is 0.161. The number of benzene rings is 2. The van der Waals surface area contributed by atoms with Gasteiger partial charge in [0, 0.05) is 21.7 Å². The predicted molar refractivity (Wildman–Crippen MR) is 110 cm³/mol. The molecule has 4 rings (SSSR count). The van der Waals surface area contributed by atoms with Crippen LogP contribution in [0, 0.1) is 6.92 Å². The summed E-state index contributed by atoms with van der Waals surface area (Å²) >= 11 is 6.97. The van der Waals surface area contributed by atoms with E-state index in [4.69, 9.17) is 16.1 Å². The molecule has 9 heteroatoms. The highest BCUT2D eigenvalue weighted by atomic mass is 35.5. The molecule has 0 aliphatic rings. The van der Waals surface area contributed by atoms with Crippen molar-refractivity contribution in [3.63, 3.8) is 0 Å². The molecule has 6 nitrogen and oxygen atoms in total. The predicted octanol–water partition coefficient (Wildman–Crippen LogP) is 5.23. The van der Waals surface area contributed by atoms with E-state index in [1.807, 2.05) is 19.1 Å². The highest BCUT2D eigenvalue weighted by Crippen LogP contribution is 2.30. The van der Waals surface area contributed by atoms with Gasteiger partial charge < -0.3 is 4.52 Å². The first kappa shape index (κ1) is 18.7. The van der Waals surface area contributed by atoms with Crippen LogP contribution in [0.3, 0.4) is 0 Å². The maximum atomic E-state index is 12.6. The normalized spacial score (nSPS) is 11.5. The molecule has 4 aromatic rings. The molecular formula is C19H14ClN3O3S2. The summed E-state index contributed by atoms with van der Waals surface area (Å²) in [7, 11) is -3.70. The van der Waals surface area contributed by atoms with Crippen LogP contribution < -0.4 is 4.72 Å². The lowest BCUT2D eigenvalue weighted by Crippen LogP contribution is -2.11. The highest BCUT2D eigenvalue weighted by molar-refractivity contribution is 7.94. The molecule has 0 atom stereocenters. The second-order valence-corrected chi connectivity index (χ2v) is 9.31. The largest absolute Gasteiger partial charge is 0.334 e. The van der Waals surface area contributed by atoms with Crippen molar-refractivity contribution in [1.82, 2.24) is 10.1 Å². The van der Waals surface area contributed by atoms with Gasteiger partial charge in [-0.2, -0.15) is 4.98 Å². The molecule has 0 unspecified atom stereocenters. The molecule has 2 aromatic heterocycles. The zero-order valence-electron chi connectivity index (χ0n) is 14.6. The van der Waals surface area contributed by atoms with E-state index >= 15 is 0 Å². The fourth-order valence-electron chi connectivity index (χ4n) is 2.45. The SMILES string of the molecule is Cc1ccc(NS(=O)(=O)c2cc(-c3nc(-c4ccc(Cl)cc4)no3)cs2)cc1. The molecule has 28 heavy (non-hydrogen) atoms. The van der Waals surface area contributed by atoms with Crippen LogP contribution >= 0.6 is 22.9 Å². The monoisotopic (exact) mass is 431 g/mol.